The monoisotopic (exact) mass is 370 g/mol. The molecular formula is C19H18N2O6. The van der Waals surface area contributed by atoms with Crippen molar-refractivity contribution in [2.45, 2.75) is 26.6 Å². The fraction of sp³-hybridized carbons (Fsp3) is 0.263. The zero-order valence-corrected chi connectivity index (χ0v) is 15.1. The molecule has 1 saturated heterocycles. The molecule has 3 rings (SSSR count). The summed E-state index contributed by atoms with van der Waals surface area (Å²) in [5.74, 6) is -3.34. The first kappa shape index (κ1) is 18.4. The average molecular weight is 370 g/mol. The van der Waals surface area contributed by atoms with Crippen molar-refractivity contribution in [1.82, 2.24) is 4.98 Å². The highest BCUT2D eigenvalue weighted by molar-refractivity contribution is 6.15. The molecule has 0 spiro atoms. The molecule has 0 saturated carbocycles. The van der Waals surface area contributed by atoms with E-state index in [9.17, 15) is 14.4 Å². The quantitative estimate of drug-likeness (QED) is 0.497. The molecule has 8 heteroatoms. The second-order valence-electron chi connectivity index (χ2n) is 6.21. The second kappa shape index (κ2) is 7.06. The van der Waals surface area contributed by atoms with Crippen LogP contribution in [0.2, 0.25) is 0 Å². The first-order valence-electron chi connectivity index (χ1n) is 8.30. The summed E-state index contributed by atoms with van der Waals surface area (Å²) in [6.07, 6.45) is 1.22. The van der Waals surface area contributed by atoms with E-state index in [0.717, 1.165) is 5.39 Å². The van der Waals surface area contributed by atoms with Crippen LogP contribution in [0.5, 0.6) is 0 Å². The van der Waals surface area contributed by atoms with Crippen LogP contribution in [0.3, 0.4) is 0 Å². The highest BCUT2D eigenvalue weighted by atomic mass is 16.7. The fourth-order valence-corrected chi connectivity index (χ4v) is 2.46. The van der Waals surface area contributed by atoms with E-state index in [2.05, 4.69) is 10.3 Å². The van der Waals surface area contributed by atoms with Gasteiger partial charge in [-0.3, -0.25) is 0 Å². The molecule has 140 valence electrons. The number of hydrogen-bond donors (Lipinski definition) is 1. The number of carbonyl (C=O) groups excluding carboxylic acids is 3. The van der Waals surface area contributed by atoms with Crippen LogP contribution in [-0.4, -0.2) is 35.3 Å². The number of nitrogens with one attached hydrogen (secondary N) is 1. The Morgan fingerprint density at radius 1 is 1.19 bits per heavy atom. The molecule has 1 aliphatic heterocycles. The Labute approximate surface area is 155 Å². The summed E-state index contributed by atoms with van der Waals surface area (Å²) >= 11 is 0. The molecular weight excluding hydrogens is 352 g/mol. The number of esters is 3. The van der Waals surface area contributed by atoms with Crippen LogP contribution < -0.4 is 5.32 Å². The number of pyridine rings is 1. The Morgan fingerprint density at radius 2 is 1.85 bits per heavy atom. The fourth-order valence-electron chi connectivity index (χ4n) is 2.46. The first-order valence-corrected chi connectivity index (χ1v) is 8.30. The smallest absolute Gasteiger partial charge is 0.356 e. The van der Waals surface area contributed by atoms with Crippen LogP contribution in [0.25, 0.3) is 10.9 Å². The van der Waals surface area contributed by atoms with Crippen molar-refractivity contribution >= 4 is 34.5 Å². The lowest BCUT2D eigenvalue weighted by molar-refractivity contribution is -0.222. The van der Waals surface area contributed by atoms with Crippen molar-refractivity contribution < 1.29 is 28.6 Å². The van der Waals surface area contributed by atoms with E-state index in [4.69, 9.17) is 14.2 Å². The van der Waals surface area contributed by atoms with Crippen molar-refractivity contribution in [3.05, 3.63) is 47.8 Å². The van der Waals surface area contributed by atoms with Gasteiger partial charge in [0.2, 0.25) is 0 Å². The van der Waals surface area contributed by atoms with Gasteiger partial charge >= 0.3 is 17.9 Å². The molecule has 0 bridgehead atoms. The number of hydrogen-bond acceptors (Lipinski definition) is 8. The maximum atomic E-state index is 11.9. The van der Waals surface area contributed by atoms with Gasteiger partial charge in [0.1, 0.15) is 5.69 Å². The van der Waals surface area contributed by atoms with Crippen LogP contribution in [0.1, 0.15) is 31.3 Å². The minimum atomic E-state index is -1.29. The second-order valence-corrected chi connectivity index (χ2v) is 6.21. The number of ether oxygens (including phenoxy) is 3. The molecule has 2 aromatic rings. The van der Waals surface area contributed by atoms with Crippen molar-refractivity contribution in [2.24, 2.45) is 0 Å². The van der Waals surface area contributed by atoms with Crippen molar-refractivity contribution in [1.29, 1.82) is 0 Å². The minimum Gasteiger partial charge on any atom is -0.461 e. The lowest BCUT2D eigenvalue weighted by atomic mass is 10.2. The maximum absolute atomic E-state index is 11.9. The maximum Gasteiger partial charge on any atom is 0.356 e. The number of nitrogens with zero attached hydrogens (tertiary/aromatic N) is 1. The topological polar surface area (TPSA) is 104 Å². The van der Waals surface area contributed by atoms with Gasteiger partial charge in [-0.2, -0.15) is 0 Å². The van der Waals surface area contributed by atoms with E-state index >= 15 is 0 Å². The molecule has 27 heavy (non-hydrogen) atoms. The highest BCUT2D eigenvalue weighted by Gasteiger charge is 2.38. The number of fused-ring (bicyclic) bond motifs is 1. The number of benzene rings is 1. The Balaban J connectivity index is 1.84. The summed E-state index contributed by atoms with van der Waals surface area (Å²) in [6, 6.07) is 8.56. The third kappa shape index (κ3) is 4.05. The van der Waals surface area contributed by atoms with Gasteiger partial charge in [-0.15, -0.1) is 0 Å². The molecule has 1 aliphatic rings. The minimum absolute atomic E-state index is 0.196. The van der Waals surface area contributed by atoms with Gasteiger partial charge in [-0.05, 0) is 25.1 Å². The molecule has 1 fully saturated rings. The van der Waals surface area contributed by atoms with Crippen LogP contribution >= 0.6 is 0 Å². The van der Waals surface area contributed by atoms with Crippen molar-refractivity contribution in [2.75, 3.05) is 11.9 Å². The number of rotatable bonds is 4. The summed E-state index contributed by atoms with van der Waals surface area (Å²) in [4.78, 5) is 40.0. The van der Waals surface area contributed by atoms with Gasteiger partial charge < -0.3 is 19.5 Å². The van der Waals surface area contributed by atoms with Gasteiger partial charge in [-0.25, -0.2) is 19.4 Å². The van der Waals surface area contributed by atoms with E-state index in [1.54, 1.807) is 37.3 Å². The SMILES string of the molecule is CCOC(=O)c1ccc2ccc(NC=C3C(=O)OC(C)(C)OC3=O)cc2n1. The molecule has 0 amide bonds. The van der Waals surface area contributed by atoms with E-state index in [0.29, 0.717) is 11.2 Å². The number of anilines is 1. The zero-order valence-electron chi connectivity index (χ0n) is 15.1. The zero-order chi connectivity index (χ0) is 19.6. The predicted molar refractivity (Wildman–Crippen MR) is 95.7 cm³/mol. The van der Waals surface area contributed by atoms with Gasteiger partial charge in [0.25, 0.3) is 5.79 Å². The molecule has 2 heterocycles. The Bertz CT molecular complexity index is 942. The number of carbonyl (C=O) groups is 3. The number of cyclic esters (lactones) is 2. The Morgan fingerprint density at radius 3 is 2.52 bits per heavy atom. The molecule has 0 radical (unpaired) electrons. The Hall–Kier alpha value is -3.42. The van der Waals surface area contributed by atoms with Crippen LogP contribution in [0.4, 0.5) is 5.69 Å². The third-order valence-corrected chi connectivity index (χ3v) is 3.68. The molecule has 1 aromatic carbocycles. The lowest BCUT2D eigenvalue weighted by Crippen LogP contribution is -2.42. The lowest BCUT2D eigenvalue weighted by Gasteiger charge is -2.29. The van der Waals surface area contributed by atoms with Crippen LogP contribution in [-0.2, 0) is 23.8 Å². The molecule has 0 aliphatic carbocycles. The molecule has 0 atom stereocenters. The normalized spacial score (nSPS) is 15.7. The summed E-state index contributed by atoms with van der Waals surface area (Å²) in [7, 11) is 0. The van der Waals surface area contributed by atoms with E-state index in [-0.39, 0.29) is 17.9 Å². The van der Waals surface area contributed by atoms with E-state index in [1.807, 2.05) is 0 Å². The Kier molecular flexibility index (Phi) is 4.81. The van der Waals surface area contributed by atoms with Crippen molar-refractivity contribution in [3.8, 4) is 0 Å². The molecule has 1 N–H and O–H groups in total. The molecule has 8 nitrogen and oxygen atoms in total. The van der Waals surface area contributed by atoms with E-state index in [1.165, 1.54) is 20.0 Å². The van der Waals surface area contributed by atoms with Crippen molar-refractivity contribution in [3.63, 3.8) is 0 Å². The summed E-state index contributed by atoms with van der Waals surface area (Å²) in [5, 5.41) is 3.67. The third-order valence-electron chi connectivity index (χ3n) is 3.68. The van der Waals surface area contributed by atoms with Gasteiger partial charge in [0.05, 0.1) is 12.1 Å². The van der Waals surface area contributed by atoms with Gasteiger partial charge in [0.15, 0.2) is 5.57 Å². The van der Waals surface area contributed by atoms with Crippen LogP contribution in [0.15, 0.2) is 42.1 Å². The summed E-state index contributed by atoms with van der Waals surface area (Å²) in [6.45, 7) is 4.93. The predicted octanol–water partition coefficient (Wildman–Crippen LogP) is 2.54. The molecule has 1 aromatic heterocycles. The summed E-state index contributed by atoms with van der Waals surface area (Å²) < 4.78 is 15.0. The molecule has 0 unspecified atom stereocenters. The van der Waals surface area contributed by atoms with E-state index < -0.39 is 23.7 Å². The van der Waals surface area contributed by atoms with Gasteiger partial charge in [0, 0.05) is 31.1 Å². The largest absolute Gasteiger partial charge is 0.461 e. The van der Waals surface area contributed by atoms with Gasteiger partial charge in [-0.1, -0.05) is 12.1 Å². The number of aromatic nitrogens is 1. The highest BCUT2D eigenvalue weighted by Crippen LogP contribution is 2.23. The first-order chi connectivity index (χ1) is 12.8. The average Bonchev–Trinajstić information content (AvgIpc) is 2.59. The van der Waals surface area contributed by atoms with Crippen LogP contribution in [0, 0.1) is 0 Å². The summed E-state index contributed by atoms with van der Waals surface area (Å²) in [5.41, 5.74) is 1.07. The standard InChI is InChI=1S/C19H18N2O6/c1-4-25-18(24)14-8-6-11-5-7-12(9-15(11)21-14)20-10-13-16(22)26-19(2,3)27-17(13)23/h5-10,20H,4H2,1-3H3.